The molecule has 1 unspecified atom stereocenters. The summed E-state index contributed by atoms with van der Waals surface area (Å²) in [5.74, 6) is -0.755. The normalized spacial score (nSPS) is 27.4. The molecule has 21 heavy (non-hydrogen) atoms. The van der Waals surface area contributed by atoms with Crippen molar-refractivity contribution in [1.82, 2.24) is 10.2 Å². The van der Waals surface area contributed by atoms with Crippen molar-refractivity contribution in [3.05, 3.63) is 0 Å². The first-order chi connectivity index (χ1) is 10.1. The quantitative estimate of drug-likeness (QED) is 0.784. The molecule has 1 saturated heterocycles. The summed E-state index contributed by atoms with van der Waals surface area (Å²) >= 11 is 0. The number of rotatable bonds is 4. The number of urea groups is 1. The Bertz CT molecular complexity index is 378. The lowest BCUT2D eigenvalue weighted by atomic mass is 9.83. The molecule has 0 spiro atoms. The Kier molecular flexibility index (Phi) is 5.48. The Morgan fingerprint density at radius 3 is 2.48 bits per heavy atom. The first-order valence-electron chi connectivity index (χ1n) is 8.36. The standard InChI is InChI=1S/C16H28N2O3/c1-2-9-16(14(19)20)10-11-18(12-16)15(21)17-13-7-5-3-4-6-8-13/h13H,2-12H2,1H3,(H,17,21)(H,19,20). The molecule has 0 aromatic heterocycles. The maximum Gasteiger partial charge on any atom is 0.317 e. The monoisotopic (exact) mass is 296 g/mol. The molecule has 1 saturated carbocycles. The van der Waals surface area contributed by atoms with Crippen molar-refractivity contribution >= 4 is 12.0 Å². The number of hydrogen-bond donors (Lipinski definition) is 2. The predicted octanol–water partition coefficient (Wildman–Crippen LogP) is 3.00. The molecule has 0 aromatic rings. The van der Waals surface area contributed by atoms with Crippen molar-refractivity contribution < 1.29 is 14.7 Å². The zero-order chi connectivity index (χ0) is 15.3. The van der Waals surface area contributed by atoms with E-state index in [1.54, 1.807) is 4.90 Å². The van der Waals surface area contributed by atoms with Crippen molar-refractivity contribution in [2.75, 3.05) is 13.1 Å². The molecule has 1 atom stereocenters. The van der Waals surface area contributed by atoms with Gasteiger partial charge in [0.1, 0.15) is 0 Å². The van der Waals surface area contributed by atoms with Gasteiger partial charge in [0, 0.05) is 19.1 Å². The first-order valence-corrected chi connectivity index (χ1v) is 8.36. The molecule has 1 heterocycles. The van der Waals surface area contributed by atoms with E-state index in [1.165, 1.54) is 25.7 Å². The number of carboxylic acids is 1. The lowest BCUT2D eigenvalue weighted by molar-refractivity contribution is -0.148. The highest BCUT2D eigenvalue weighted by atomic mass is 16.4. The van der Waals surface area contributed by atoms with Crippen LogP contribution in [-0.2, 0) is 4.79 Å². The van der Waals surface area contributed by atoms with E-state index in [0.717, 1.165) is 19.3 Å². The van der Waals surface area contributed by atoms with E-state index in [-0.39, 0.29) is 12.1 Å². The van der Waals surface area contributed by atoms with Gasteiger partial charge in [0.05, 0.1) is 5.41 Å². The van der Waals surface area contributed by atoms with Crippen LogP contribution in [0.1, 0.15) is 64.7 Å². The van der Waals surface area contributed by atoms with E-state index < -0.39 is 11.4 Å². The Labute approximate surface area is 127 Å². The second-order valence-corrected chi connectivity index (χ2v) is 6.65. The fourth-order valence-corrected chi connectivity index (χ4v) is 3.70. The minimum Gasteiger partial charge on any atom is -0.481 e. The third-order valence-electron chi connectivity index (χ3n) is 5.01. The van der Waals surface area contributed by atoms with Gasteiger partial charge in [-0.1, -0.05) is 39.0 Å². The summed E-state index contributed by atoms with van der Waals surface area (Å²) in [6.07, 6.45) is 9.05. The Morgan fingerprint density at radius 2 is 1.90 bits per heavy atom. The highest BCUT2D eigenvalue weighted by Gasteiger charge is 2.45. The Morgan fingerprint density at radius 1 is 1.24 bits per heavy atom. The maximum atomic E-state index is 12.4. The summed E-state index contributed by atoms with van der Waals surface area (Å²) in [7, 11) is 0. The van der Waals surface area contributed by atoms with Crippen LogP contribution in [0.4, 0.5) is 4.79 Å². The van der Waals surface area contributed by atoms with Crippen LogP contribution in [0.15, 0.2) is 0 Å². The molecule has 0 bridgehead atoms. The second-order valence-electron chi connectivity index (χ2n) is 6.65. The smallest absolute Gasteiger partial charge is 0.317 e. The van der Waals surface area contributed by atoms with E-state index in [2.05, 4.69) is 5.32 Å². The van der Waals surface area contributed by atoms with Crippen LogP contribution < -0.4 is 5.32 Å². The van der Waals surface area contributed by atoms with Gasteiger partial charge in [-0.25, -0.2) is 4.79 Å². The number of aliphatic carboxylic acids is 1. The van der Waals surface area contributed by atoms with Gasteiger partial charge in [-0.2, -0.15) is 0 Å². The number of carbonyl (C=O) groups excluding carboxylic acids is 1. The number of carboxylic acid groups (broad SMARTS) is 1. The van der Waals surface area contributed by atoms with E-state index in [4.69, 9.17) is 0 Å². The fourth-order valence-electron chi connectivity index (χ4n) is 3.70. The van der Waals surface area contributed by atoms with Gasteiger partial charge in [0.25, 0.3) is 0 Å². The molecule has 2 rings (SSSR count). The molecule has 0 aromatic carbocycles. The van der Waals surface area contributed by atoms with E-state index >= 15 is 0 Å². The SMILES string of the molecule is CCCC1(C(=O)O)CCN(C(=O)NC2CCCCCC2)C1. The number of likely N-dealkylation sites (tertiary alicyclic amines) is 1. The maximum absolute atomic E-state index is 12.4. The van der Waals surface area contributed by atoms with E-state index in [9.17, 15) is 14.7 Å². The van der Waals surface area contributed by atoms with Crippen LogP contribution >= 0.6 is 0 Å². The molecule has 2 aliphatic rings. The zero-order valence-corrected chi connectivity index (χ0v) is 13.1. The molecule has 120 valence electrons. The van der Waals surface area contributed by atoms with Crippen LogP contribution in [0.25, 0.3) is 0 Å². The summed E-state index contributed by atoms with van der Waals surface area (Å²) in [5.41, 5.74) is -0.727. The molecular weight excluding hydrogens is 268 g/mol. The molecule has 2 amide bonds. The third-order valence-corrected chi connectivity index (χ3v) is 5.01. The lowest BCUT2D eigenvalue weighted by Crippen LogP contribution is -2.45. The van der Waals surface area contributed by atoms with Crippen LogP contribution in [0.5, 0.6) is 0 Å². The van der Waals surface area contributed by atoms with Crippen molar-refractivity contribution in [2.24, 2.45) is 5.41 Å². The summed E-state index contributed by atoms with van der Waals surface area (Å²) in [6.45, 7) is 2.92. The average molecular weight is 296 g/mol. The minimum atomic E-state index is -0.755. The summed E-state index contributed by atoms with van der Waals surface area (Å²) < 4.78 is 0. The van der Waals surface area contributed by atoms with Crippen molar-refractivity contribution in [3.63, 3.8) is 0 Å². The molecule has 0 radical (unpaired) electrons. The average Bonchev–Trinajstić information content (AvgIpc) is 2.72. The van der Waals surface area contributed by atoms with Crippen LogP contribution in [0.2, 0.25) is 0 Å². The largest absolute Gasteiger partial charge is 0.481 e. The van der Waals surface area contributed by atoms with Crippen LogP contribution in [-0.4, -0.2) is 41.1 Å². The summed E-state index contributed by atoms with van der Waals surface area (Å²) in [4.78, 5) is 25.6. The van der Waals surface area contributed by atoms with Gasteiger partial charge in [0.2, 0.25) is 0 Å². The Balaban J connectivity index is 1.90. The van der Waals surface area contributed by atoms with Gasteiger partial charge in [-0.15, -0.1) is 0 Å². The predicted molar refractivity (Wildman–Crippen MR) is 81.2 cm³/mol. The number of nitrogens with zero attached hydrogens (tertiary/aromatic N) is 1. The third kappa shape index (κ3) is 3.89. The topological polar surface area (TPSA) is 69.6 Å². The van der Waals surface area contributed by atoms with E-state index in [0.29, 0.717) is 25.9 Å². The second kappa shape index (κ2) is 7.14. The lowest BCUT2D eigenvalue weighted by Gasteiger charge is -2.26. The van der Waals surface area contributed by atoms with Gasteiger partial charge in [-0.05, 0) is 25.7 Å². The molecule has 1 aliphatic carbocycles. The molecule has 5 heteroatoms. The van der Waals surface area contributed by atoms with Gasteiger partial charge < -0.3 is 15.3 Å². The molecule has 2 fully saturated rings. The molecular formula is C16H28N2O3. The highest BCUT2D eigenvalue weighted by molar-refractivity contribution is 5.79. The van der Waals surface area contributed by atoms with Gasteiger partial charge in [0.15, 0.2) is 0 Å². The number of carbonyl (C=O) groups is 2. The number of hydrogen-bond acceptors (Lipinski definition) is 2. The fraction of sp³-hybridized carbons (Fsp3) is 0.875. The number of nitrogens with one attached hydrogen (secondary N) is 1. The van der Waals surface area contributed by atoms with Crippen LogP contribution in [0, 0.1) is 5.41 Å². The summed E-state index contributed by atoms with van der Waals surface area (Å²) in [5, 5.41) is 12.6. The van der Waals surface area contributed by atoms with Gasteiger partial charge >= 0.3 is 12.0 Å². The first kappa shape index (κ1) is 16.1. The highest BCUT2D eigenvalue weighted by Crippen LogP contribution is 2.35. The zero-order valence-electron chi connectivity index (χ0n) is 13.1. The van der Waals surface area contributed by atoms with E-state index in [1.807, 2.05) is 6.92 Å². The molecule has 2 N–H and O–H groups in total. The minimum absolute atomic E-state index is 0.0684. The van der Waals surface area contributed by atoms with Crippen molar-refractivity contribution in [1.29, 1.82) is 0 Å². The molecule has 1 aliphatic heterocycles. The van der Waals surface area contributed by atoms with Gasteiger partial charge in [-0.3, -0.25) is 4.79 Å². The number of amides is 2. The Hall–Kier alpha value is -1.26. The molecule has 5 nitrogen and oxygen atoms in total. The van der Waals surface area contributed by atoms with Crippen LogP contribution in [0.3, 0.4) is 0 Å². The van der Waals surface area contributed by atoms with Crippen molar-refractivity contribution in [2.45, 2.75) is 70.8 Å². The summed E-state index contributed by atoms with van der Waals surface area (Å²) in [6, 6.07) is 0.201. The van der Waals surface area contributed by atoms with Crippen molar-refractivity contribution in [3.8, 4) is 0 Å².